The number of carbonyl (C=O) groups is 1. The van der Waals surface area contributed by atoms with Crippen molar-refractivity contribution in [2.75, 3.05) is 0 Å². The fourth-order valence-electron chi connectivity index (χ4n) is 1.97. The first kappa shape index (κ1) is 18.9. The van der Waals surface area contributed by atoms with E-state index in [1.165, 1.54) is 0 Å². The number of nitrogens with one attached hydrogen (secondary N) is 1. The summed E-state index contributed by atoms with van der Waals surface area (Å²) in [6.07, 6.45) is 0.0678. The van der Waals surface area contributed by atoms with Crippen LogP contribution in [-0.2, 0) is 14.8 Å². The molecule has 0 unspecified atom stereocenters. The molecule has 0 spiro atoms. The lowest BCUT2D eigenvalue weighted by Gasteiger charge is -2.25. The van der Waals surface area contributed by atoms with Gasteiger partial charge in [-0.3, -0.25) is 4.79 Å². The van der Waals surface area contributed by atoms with E-state index >= 15 is 0 Å². The second-order valence-electron chi connectivity index (χ2n) is 6.23. The lowest BCUT2D eigenvalue weighted by atomic mass is 10.0. The highest BCUT2D eigenvalue weighted by molar-refractivity contribution is 7.89. The van der Waals surface area contributed by atoms with Gasteiger partial charge >= 0.3 is 5.97 Å². The van der Waals surface area contributed by atoms with Gasteiger partial charge in [0.1, 0.15) is 4.90 Å². The minimum Gasteiger partial charge on any atom is -0.481 e. The number of sulfonamides is 1. The van der Waals surface area contributed by atoms with Crippen LogP contribution >= 0.6 is 11.6 Å². The molecule has 1 aromatic carbocycles. The third-order valence-electron chi connectivity index (χ3n) is 3.29. The monoisotopic (exact) mass is 347 g/mol. The van der Waals surface area contributed by atoms with Crippen molar-refractivity contribution in [1.82, 2.24) is 4.72 Å². The van der Waals surface area contributed by atoms with Gasteiger partial charge in [0, 0.05) is 12.0 Å². The smallest absolute Gasteiger partial charge is 0.303 e. The van der Waals surface area contributed by atoms with Crippen LogP contribution in [-0.4, -0.2) is 25.0 Å². The molecule has 7 heteroatoms. The molecule has 0 amide bonds. The minimum absolute atomic E-state index is 0.0174. The van der Waals surface area contributed by atoms with Gasteiger partial charge in [0.05, 0.1) is 5.02 Å². The van der Waals surface area contributed by atoms with Gasteiger partial charge < -0.3 is 5.11 Å². The molecular weight excluding hydrogens is 326 g/mol. The Morgan fingerprint density at radius 1 is 1.36 bits per heavy atom. The Hall–Kier alpha value is -1.11. The van der Waals surface area contributed by atoms with E-state index in [0.29, 0.717) is 0 Å². The number of carboxylic acid groups (broad SMARTS) is 1. The van der Waals surface area contributed by atoms with Crippen molar-refractivity contribution in [3.63, 3.8) is 0 Å². The Kier molecular flexibility index (Phi) is 6.01. The van der Waals surface area contributed by atoms with Crippen molar-refractivity contribution in [3.8, 4) is 0 Å². The van der Waals surface area contributed by atoms with Gasteiger partial charge in [0.2, 0.25) is 10.0 Å². The van der Waals surface area contributed by atoms with Crippen LogP contribution in [0.15, 0.2) is 23.1 Å². The van der Waals surface area contributed by atoms with E-state index in [1.54, 1.807) is 32.0 Å². The number of aliphatic carboxylic acids is 1. The zero-order chi connectivity index (χ0) is 17.1. The highest BCUT2D eigenvalue weighted by atomic mass is 35.5. The lowest BCUT2D eigenvalue weighted by Crippen LogP contribution is -2.43. The Bertz CT molecular complexity index is 654. The third kappa shape index (κ3) is 5.26. The van der Waals surface area contributed by atoms with Crippen molar-refractivity contribution >= 4 is 27.6 Å². The predicted octanol–water partition coefficient (Wildman–Crippen LogP) is 3.39. The van der Waals surface area contributed by atoms with E-state index in [0.717, 1.165) is 5.56 Å². The summed E-state index contributed by atoms with van der Waals surface area (Å²) in [6, 6.07) is 4.92. The summed E-state index contributed by atoms with van der Waals surface area (Å²) in [5.41, 5.74) is -0.0119. The van der Waals surface area contributed by atoms with E-state index in [4.69, 9.17) is 16.7 Å². The minimum atomic E-state index is -3.83. The Labute approximate surface area is 136 Å². The maximum Gasteiger partial charge on any atom is 0.303 e. The van der Waals surface area contributed by atoms with Gasteiger partial charge in [0.15, 0.2) is 0 Å². The van der Waals surface area contributed by atoms with Crippen LogP contribution in [0.1, 0.15) is 52.0 Å². The molecule has 0 atom stereocenters. The summed E-state index contributed by atoms with van der Waals surface area (Å²) in [5.74, 6) is -0.793. The molecule has 0 aliphatic rings. The SMILES string of the molecule is CC(C)c1ccc(Cl)c(S(=O)(=O)NC(C)(C)CCC(=O)O)c1. The second kappa shape index (κ2) is 6.98. The van der Waals surface area contributed by atoms with Crippen LogP contribution < -0.4 is 4.72 Å². The van der Waals surface area contributed by atoms with Crippen LogP contribution in [0.5, 0.6) is 0 Å². The second-order valence-corrected chi connectivity index (χ2v) is 8.29. The third-order valence-corrected chi connectivity index (χ3v) is 5.47. The van der Waals surface area contributed by atoms with Gasteiger partial charge in [-0.05, 0) is 43.9 Å². The van der Waals surface area contributed by atoms with Crippen molar-refractivity contribution in [1.29, 1.82) is 0 Å². The molecule has 22 heavy (non-hydrogen) atoms. The van der Waals surface area contributed by atoms with E-state index in [1.807, 2.05) is 13.8 Å². The van der Waals surface area contributed by atoms with Crippen LogP contribution in [0.3, 0.4) is 0 Å². The largest absolute Gasteiger partial charge is 0.481 e. The molecular formula is C15H22ClNO4S. The zero-order valence-electron chi connectivity index (χ0n) is 13.2. The van der Waals surface area contributed by atoms with Gasteiger partial charge in [-0.25, -0.2) is 13.1 Å². The van der Waals surface area contributed by atoms with Crippen LogP contribution in [0.4, 0.5) is 0 Å². The van der Waals surface area contributed by atoms with E-state index in [2.05, 4.69) is 4.72 Å². The van der Waals surface area contributed by atoms with Crippen LogP contribution in [0, 0.1) is 0 Å². The number of hydrogen-bond acceptors (Lipinski definition) is 3. The average molecular weight is 348 g/mol. The number of rotatable bonds is 7. The van der Waals surface area contributed by atoms with Gasteiger partial charge in [-0.2, -0.15) is 0 Å². The van der Waals surface area contributed by atoms with E-state index in [9.17, 15) is 13.2 Å². The average Bonchev–Trinajstić information content (AvgIpc) is 2.35. The molecule has 1 aromatic rings. The maximum absolute atomic E-state index is 12.5. The molecule has 0 radical (unpaired) electrons. The molecule has 0 aliphatic heterocycles. The van der Waals surface area contributed by atoms with Crippen molar-refractivity contribution in [2.45, 2.75) is 56.9 Å². The molecule has 5 nitrogen and oxygen atoms in total. The Morgan fingerprint density at radius 3 is 2.45 bits per heavy atom. The molecule has 0 aromatic heterocycles. The number of benzene rings is 1. The first-order valence-corrected chi connectivity index (χ1v) is 8.86. The fraction of sp³-hybridized carbons (Fsp3) is 0.533. The highest BCUT2D eigenvalue weighted by Gasteiger charge is 2.28. The lowest BCUT2D eigenvalue weighted by molar-refractivity contribution is -0.137. The Balaban J connectivity index is 3.09. The highest BCUT2D eigenvalue weighted by Crippen LogP contribution is 2.27. The normalized spacial score (nSPS) is 12.6. The molecule has 0 heterocycles. The molecule has 0 saturated heterocycles. The molecule has 124 valence electrons. The van der Waals surface area contributed by atoms with Crippen LogP contribution in [0.25, 0.3) is 0 Å². The Morgan fingerprint density at radius 2 is 1.95 bits per heavy atom. The standard InChI is InChI=1S/C15H22ClNO4S/c1-10(2)11-5-6-12(16)13(9-11)22(20,21)17-15(3,4)8-7-14(18)19/h5-6,9-10,17H,7-8H2,1-4H3,(H,18,19). The molecule has 0 saturated carbocycles. The fourth-order valence-corrected chi connectivity index (χ4v) is 3.95. The van der Waals surface area contributed by atoms with E-state index in [-0.39, 0.29) is 28.7 Å². The van der Waals surface area contributed by atoms with Gasteiger partial charge in [0.25, 0.3) is 0 Å². The summed E-state index contributed by atoms with van der Waals surface area (Å²) in [5, 5.41) is 8.88. The first-order valence-electron chi connectivity index (χ1n) is 7.00. The quantitative estimate of drug-likeness (QED) is 0.791. The number of carboxylic acids is 1. The van der Waals surface area contributed by atoms with Crippen molar-refractivity contribution in [2.24, 2.45) is 0 Å². The maximum atomic E-state index is 12.5. The van der Waals surface area contributed by atoms with Gasteiger partial charge in [-0.15, -0.1) is 0 Å². The predicted molar refractivity (Wildman–Crippen MR) is 86.8 cm³/mol. The molecule has 0 aliphatic carbocycles. The molecule has 0 fully saturated rings. The van der Waals surface area contributed by atoms with Crippen molar-refractivity contribution in [3.05, 3.63) is 28.8 Å². The topological polar surface area (TPSA) is 83.5 Å². The molecule has 0 bridgehead atoms. The summed E-state index contributed by atoms with van der Waals surface area (Å²) < 4.78 is 27.6. The van der Waals surface area contributed by atoms with Gasteiger partial charge in [-0.1, -0.05) is 31.5 Å². The van der Waals surface area contributed by atoms with E-state index < -0.39 is 21.5 Å². The first-order chi connectivity index (χ1) is 9.94. The summed E-state index contributed by atoms with van der Waals surface area (Å²) in [4.78, 5) is 10.7. The number of hydrogen-bond donors (Lipinski definition) is 2. The van der Waals surface area contributed by atoms with Crippen molar-refractivity contribution < 1.29 is 18.3 Å². The molecule has 1 rings (SSSR count). The number of halogens is 1. The zero-order valence-corrected chi connectivity index (χ0v) is 14.8. The summed E-state index contributed by atoms with van der Waals surface area (Å²) >= 11 is 6.03. The molecule has 2 N–H and O–H groups in total. The van der Waals surface area contributed by atoms with Crippen LogP contribution in [0.2, 0.25) is 5.02 Å². The summed E-state index contributed by atoms with van der Waals surface area (Å²) in [6.45, 7) is 7.22. The summed E-state index contributed by atoms with van der Waals surface area (Å²) in [7, 11) is -3.83.